The highest BCUT2D eigenvalue weighted by atomic mass is 35.5. The Morgan fingerprint density at radius 3 is 2.57 bits per heavy atom. The molecule has 1 amide bonds. The zero-order valence-corrected chi connectivity index (χ0v) is 13.4. The van der Waals surface area contributed by atoms with Gasteiger partial charge in [0.25, 0.3) is 5.91 Å². The molecule has 3 rings (SSSR count). The van der Waals surface area contributed by atoms with Gasteiger partial charge in [0, 0.05) is 12.1 Å². The van der Waals surface area contributed by atoms with Crippen LogP contribution in [0.5, 0.6) is 5.75 Å². The molecule has 0 aromatic heterocycles. The van der Waals surface area contributed by atoms with E-state index in [0.29, 0.717) is 22.9 Å². The molecule has 0 fully saturated rings. The fourth-order valence-corrected chi connectivity index (χ4v) is 2.70. The molecule has 0 saturated heterocycles. The van der Waals surface area contributed by atoms with E-state index < -0.39 is 0 Å². The van der Waals surface area contributed by atoms with Crippen LogP contribution in [0, 0.1) is 0 Å². The van der Waals surface area contributed by atoms with Gasteiger partial charge in [0.15, 0.2) is 0 Å². The third-order valence-electron chi connectivity index (χ3n) is 3.68. The fourth-order valence-electron chi connectivity index (χ4n) is 2.44. The summed E-state index contributed by atoms with van der Waals surface area (Å²) in [6, 6.07) is 19.3. The van der Waals surface area contributed by atoms with E-state index >= 15 is 0 Å². The van der Waals surface area contributed by atoms with Crippen LogP contribution in [0.15, 0.2) is 60.7 Å². The zero-order chi connectivity index (χ0) is 16.2. The van der Waals surface area contributed by atoms with Crippen molar-refractivity contribution in [3.8, 4) is 5.75 Å². The van der Waals surface area contributed by atoms with Crippen molar-refractivity contribution < 1.29 is 9.53 Å². The van der Waals surface area contributed by atoms with E-state index in [1.165, 1.54) is 5.39 Å². The van der Waals surface area contributed by atoms with Crippen LogP contribution in [0.4, 0.5) is 0 Å². The molecule has 0 aliphatic rings. The van der Waals surface area contributed by atoms with Gasteiger partial charge in [-0.05, 0) is 40.6 Å². The summed E-state index contributed by atoms with van der Waals surface area (Å²) in [5, 5.41) is 5.67. The molecule has 3 nitrogen and oxygen atoms in total. The van der Waals surface area contributed by atoms with Crippen LogP contribution in [0.3, 0.4) is 0 Å². The molecule has 0 atom stereocenters. The summed E-state index contributed by atoms with van der Waals surface area (Å²) in [5.74, 6) is 0.389. The van der Waals surface area contributed by atoms with E-state index in [9.17, 15) is 4.79 Å². The maximum atomic E-state index is 12.2. The molecule has 1 N–H and O–H groups in total. The van der Waals surface area contributed by atoms with Crippen molar-refractivity contribution in [1.82, 2.24) is 5.32 Å². The van der Waals surface area contributed by atoms with Gasteiger partial charge in [-0.15, -0.1) is 0 Å². The van der Waals surface area contributed by atoms with E-state index in [0.717, 1.165) is 10.9 Å². The minimum absolute atomic E-state index is 0.164. The van der Waals surface area contributed by atoms with Gasteiger partial charge in [0.1, 0.15) is 5.75 Å². The van der Waals surface area contributed by atoms with E-state index in [1.54, 1.807) is 25.3 Å². The topological polar surface area (TPSA) is 38.3 Å². The molecule has 23 heavy (non-hydrogen) atoms. The number of rotatable bonds is 4. The Labute approximate surface area is 139 Å². The lowest BCUT2D eigenvalue weighted by Crippen LogP contribution is -2.22. The van der Waals surface area contributed by atoms with Crippen LogP contribution in [-0.2, 0) is 6.54 Å². The highest BCUT2D eigenvalue weighted by molar-refractivity contribution is 6.32. The van der Waals surface area contributed by atoms with Crippen molar-refractivity contribution in [2.24, 2.45) is 0 Å². The number of ether oxygens (including phenoxy) is 1. The van der Waals surface area contributed by atoms with E-state index in [2.05, 4.69) is 29.6 Å². The molecule has 0 bridgehead atoms. The summed E-state index contributed by atoms with van der Waals surface area (Å²) in [5.41, 5.74) is 1.56. The molecule has 0 aliphatic heterocycles. The fraction of sp³-hybridized carbons (Fsp3) is 0.105. The summed E-state index contributed by atoms with van der Waals surface area (Å²) >= 11 is 6.05. The Morgan fingerprint density at radius 2 is 1.83 bits per heavy atom. The molecular weight excluding hydrogens is 310 g/mol. The third kappa shape index (κ3) is 3.46. The Hall–Kier alpha value is -2.52. The van der Waals surface area contributed by atoms with Gasteiger partial charge >= 0.3 is 0 Å². The van der Waals surface area contributed by atoms with Gasteiger partial charge in [-0.1, -0.05) is 48.0 Å². The van der Waals surface area contributed by atoms with Crippen molar-refractivity contribution in [3.63, 3.8) is 0 Å². The normalized spacial score (nSPS) is 10.5. The Kier molecular flexibility index (Phi) is 4.49. The number of nitrogens with one attached hydrogen (secondary N) is 1. The summed E-state index contributed by atoms with van der Waals surface area (Å²) < 4.78 is 5.09. The number of carbonyl (C=O) groups is 1. The standard InChI is InChI=1S/C19H16ClNO2/c1-23-18-9-8-16(11-17(18)20)19(22)21-12-13-6-7-14-4-2-3-5-15(14)10-13/h2-11H,12H2,1H3,(H,21,22). The second-order valence-electron chi connectivity index (χ2n) is 5.21. The van der Waals surface area contributed by atoms with Gasteiger partial charge in [-0.2, -0.15) is 0 Å². The highest BCUT2D eigenvalue weighted by Crippen LogP contribution is 2.25. The number of benzene rings is 3. The first kappa shape index (κ1) is 15.4. The predicted molar refractivity (Wildman–Crippen MR) is 93.1 cm³/mol. The summed E-state index contributed by atoms with van der Waals surface area (Å²) in [4.78, 5) is 12.2. The Morgan fingerprint density at radius 1 is 1.04 bits per heavy atom. The first-order valence-corrected chi connectivity index (χ1v) is 7.64. The van der Waals surface area contributed by atoms with Crippen LogP contribution < -0.4 is 10.1 Å². The summed E-state index contributed by atoms with van der Waals surface area (Å²) in [6.45, 7) is 0.466. The maximum absolute atomic E-state index is 12.2. The van der Waals surface area contributed by atoms with Gasteiger partial charge in [0.2, 0.25) is 0 Å². The lowest BCUT2D eigenvalue weighted by molar-refractivity contribution is 0.0951. The van der Waals surface area contributed by atoms with Gasteiger partial charge < -0.3 is 10.1 Å². The monoisotopic (exact) mass is 325 g/mol. The Balaban J connectivity index is 1.71. The van der Waals surface area contributed by atoms with Crippen molar-refractivity contribution in [2.75, 3.05) is 7.11 Å². The van der Waals surface area contributed by atoms with Crippen molar-refractivity contribution in [1.29, 1.82) is 0 Å². The molecule has 0 unspecified atom stereocenters. The number of carbonyl (C=O) groups excluding carboxylic acids is 1. The predicted octanol–water partition coefficient (Wildman–Crippen LogP) is 4.43. The van der Waals surface area contributed by atoms with Crippen LogP contribution in [0.1, 0.15) is 15.9 Å². The average Bonchev–Trinajstić information content (AvgIpc) is 2.59. The maximum Gasteiger partial charge on any atom is 0.251 e. The minimum Gasteiger partial charge on any atom is -0.495 e. The lowest BCUT2D eigenvalue weighted by Gasteiger charge is -2.08. The smallest absolute Gasteiger partial charge is 0.251 e. The molecular formula is C19H16ClNO2. The highest BCUT2D eigenvalue weighted by Gasteiger charge is 2.09. The van der Waals surface area contributed by atoms with Crippen LogP contribution in [-0.4, -0.2) is 13.0 Å². The van der Waals surface area contributed by atoms with Crippen molar-refractivity contribution in [3.05, 3.63) is 76.8 Å². The zero-order valence-electron chi connectivity index (χ0n) is 12.7. The first-order valence-electron chi connectivity index (χ1n) is 7.27. The van der Waals surface area contributed by atoms with E-state index in [1.807, 2.05) is 18.2 Å². The van der Waals surface area contributed by atoms with Gasteiger partial charge in [-0.3, -0.25) is 4.79 Å². The number of methoxy groups -OCH3 is 1. The molecule has 0 heterocycles. The molecule has 0 spiro atoms. The molecule has 4 heteroatoms. The molecule has 0 saturated carbocycles. The molecule has 3 aromatic carbocycles. The molecule has 0 aliphatic carbocycles. The molecule has 3 aromatic rings. The SMILES string of the molecule is COc1ccc(C(=O)NCc2ccc3ccccc3c2)cc1Cl. The van der Waals surface area contributed by atoms with E-state index in [-0.39, 0.29) is 5.91 Å². The summed E-state index contributed by atoms with van der Waals surface area (Å²) in [6.07, 6.45) is 0. The molecule has 0 radical (unpaired) electrons. The summed E-state index contributed by atoms with van der Waals surface area (Å²) in [7, 11) is 1.54. The average molecular weight is 326 g/mol. The number of halogens is 1. The van der Waals surface area contributed by atoms with Crippen LogP contribution in [0.2, 0.25) is 5.02 Å². The van der Waals surface area contributed by atoms with Crippen molar-refractivity contribution in [2.45, 2.75) is 6.54 Å². The van der Waals surface area contributed by atoms with Gasteiger partial charge in [0.05, 0.1) is 12.1 Å². The number of hydrogen-bond donors (Lipinski definition) is 1. The number of hydrogen-bond acceptors (Lipinski definition) is 2. The number of fused-ring (bicyclic) bond motifs is 1. The quantitative estimate of drug-likeness (QED) is 0.770. The first-order chi connectivity index (χ1) is 11.2. The Bertz CT molecular complexity index is 861. The molecule has 116 valence electrons. The lowest BCUT2D eigenvalue weighted by atomic mass is 10.1. The third-order valence-corrected chi connectivity index (χ3v) is 3.98. The largest absolute Gasteiger partial charge is 0.495 e. The van der Waals surface area contributed by atoms with Crippen LogP contribution >= 0.6 is 11.6 Å². The van der Waals surface area contributed by atoms with E-state index in [4.69, 9.17) is 16.3 Å². The minimum atomic E-state index is -0.164. The van der Waals surface area contributed by atoms with Gasteiger partial charge in [-0.25, -0.2) is 0 Å². The second-order valence-corrected chi connectivity index (χ2v) is 5.62. The number of amides is 1. The van der Waals surface area contributed by atoms with Crippen molar-refractivity contribution >= 4 is 28.3 Å². The second kappa shape index (κ2) is 6.71. The van der Waals surface area contributed by atoms with Crippen LogP contribution in [0.25, 0.3) is 10.8 Å².